The Kier molecular flexibility index (Phi) is 3.05. The van der Waals surface area contributed by atoms with Gasteiger partial charge in [-0.15, -0.1) is 11.3 Å². The van der Waals surface area contributed by atoms with E-state index in [0.717, 1.165) is 16.5 Å². The van der Waals surface area contributed by atoms with Crippen LogP contribution in [0.1, 0.15) is 15.6 Å². The molecular formula is C11H14N4S. The Bertz CT molecular complexity index is 492. The molecule has 4 nitrogen and oxygen atoms in total. The average Bonchev–Trinajstić information content (AvgIpc) is 2.66. The zero-order valence-corrected chi connectivity index (χ0v) is 10.1. The first kappa shape index (κ1) is 10.9. The number of nitrogen functional groups attached to an aromatic ring is 1. The predicted molar refractivity (Wildman–Crippen MR) is 67.6 cm³/mol. The Morgan fingerprint density at radius 1 is 1.38 bits per heavy atom. The van der Waals surface area contributed by atoms with Gasteiger partial charge in [0.2, 0.25) is 0 Å². The van der Waals surface area contributed by atoms with Gasteiger partial charge in [-0.3, -0.25) is 0 Å². The van der Waals surface area contributed by atoms with Crippen molar-refractivity contribution >= 4 is 22.8 Å². The van der Waals surface area contributed by atoms with Gasteiger partial charge in [0.25, 0.3) is 0 Å². The zero-order valence-electron chi connectivity index (χ0n) is 9.32. The van der Waals surface area contributed by atoms with E-state index in [1.165, 1.54) is 4.88 Å². The monoisotopic (exact) mass is 234 g/mol. The first-order valence-electron chi connectivity index (χ1n) is 5.03. The Morgan fingerprint density at radius 3 is 2.88 bits per heavy atom. The molecule has 16 heavy (non-hydrogen) atoms. The molecule has 0 aliphatic heterocycles. The molecule has 2 heterocycles. The van der Waals surface area contributed by atoms with E-state index in [2.05, 4.69) is 15.3 Å². The maximum Gasteiger partial charge on any atom is 0.149 e. The van der Waals surface area contributed by atoms with E-state index >= 15 is 0 Å². The van der Waals surface area contributed by atoms with Crippen molar-refractivity contribution in [1.29, 1.82) is 0 Å². The highest BCUT2D eigenvalue weighted by atomic mass is 32.1. The number of nitrogens with two attached hydrogens (primary N) is 1. The topological polar surface area (TPSA) is 63.8 Å². The molecule has 0 fully saturated rings. The maximum atomic E-state index is 5.82. The third-order valence-electron chi connectivity index (χ3n) is 2.16. The molecule has 0 saturated carbocycles. The number of nitrogens with zero attached hydrogens (tertiary/aromatic N) is 2. The van der Waals surface area contributed by atoms with Crippen LogP contribution in [0.2, 0.25) is 0 Å². The Balaban J connectivity index is 2.07. The van der Waals surface area contributed by atoms with E-state index in [9.17, 15) is 0 Å². The lowest BCUT2D eigenvalue weighted by Gasteiger charge is -2.07. The van der Waals surface area contributed by atoms with Crippen LogP contribution in [0.15, 0.2) is 18.3 Å². The molecule has 0 unspecified atom stereocenters. The van der Waals surface area contributed by atoms with Gasteiger partial charge in [0.1, 0.15) is 5.82 Å². The summed E-state index contributed by atoms with van der Waals surface area (Å²) in [5.74, 6) is 0.742. The summed E-state index contributed by atoms with van der Waals surface area (Å²) in [6.45, 7) is 4.65. The van der Waals surface area contributed by atoms with Gasteiger partial charge in [-0.05, 0) is 26.0 Å². The minimum Gasteiger partial charge on any atom is -0.396 e. The molecule has 2 aromatic heterocycles. The molecule has 0 radical (unpaired) electrons. The van der Waals surface area contributed by atoms with E-state index in [-0.39, 0.29) is 0 Å². The molecular weight excluding hydrogens is 220 g/mol. The van der Waals surface area contributed by atoms with E-state index in [0.29, 0.717) is 12.2 Å². The molecule has 3 N–H and O–H groups in total. The van der Waals surface area contributed by atoms with Crippen molar-refractivity contribution in [2.24, 2.45) is 0 Å². The van der Waals surface area contributed by atoms with E-state index in [1.807, 2.05) is 32.2 Å². The van der Waals surface area contributed by atoms with Gasteiger partial charge in [-0.25, -0.2) is 9.97 Å². The fraction of sp³-hybridized carbons (Fsp3) is 0.273. The molecule has 5 heteroatoms. The zero-order chi connectivity index (χ0) is 11.5. The molecule has 0 spiro atoms. The lowest BCUT2D eigenvalue weighted by molar-refractivity contribution is 1.11. The first-order chi connectivity index (χ1) is 7.65. The number of thiazole rings is 1. The fourth-order valence-electron chi connectivity index (χ4n) is 1.37. The second kappa shape index (κ2) is 4.49. The van der Waals surface area contributed by atoms with Crippen molar-refractivity contribution in [3.63, 3.8) is 0 Å². The third-order valence-corrected chi connectivity index (χ3v) is 3.08. The third kappa shape index (κ3) is 2.49. The van der Waals surface area contributed by atoms with Crippen LogP contribution >= 0.6 is 11.3 Å². The highest BCUT2D eigenvalue weighted by molar-refractivity contribution is 7.11. The minimum atomic E-state index is 0.673. The molecule has 2 aromatic rings. The molecule has 0 bridgehead atoms. The number of rotatable bonds is 3. The summed E-state index contributed by atoms with van der Waals surface area (Å²) >= 11 is 1.67. The summed E-state index contributed by atoms with van der Waals surface area (Å²) in [5, 5.41) is 4.29. The van der Waals surface area contributed by atoms with Gasteiger partial charge in [0.05, 0.1) is 17.2 Å². The van der Waals surface area contributed by atoms with E-state index < -0.39 is 0 Å². The van der Waals surface area contributed by atoms with Crippen LogP contribution in [0.3, 0.4) is 0 Å². The standard InChI is InChI=1S/C11H14N4S/c1-7-3-4-10(12)11(15-7)14-6-9-5-13-8(2)16-9/h3-5H,6,12H2,1-2H3,(H,14,15). The lowest BCUT2D eigenvalue weighted by atomic mass is 10.3. The van der Waals surface area contributed by atoms with Gasteiger partial charge in [-0.1, -0.05) is 0 Å². The van der Waals surface area contributed by atoms with Crippen LogP contribution in [0.4, 0.5) is 11.5 Å². The van der Waals surface area contributed by atoms with Gasteiger partial charge >= 0.3 is 0 Å². The van der Waals surface area contributed by atoms with Crippen molar-refractivity contribution in [3.05, 3.63) is 33.9 Å². The lowest BCUT2D eigenvalue weighted by Crippen LogP contribution is -2.04. The second-order valence-corrected chi connectivity index (χ2v) is 4.91. The molecule has 0 aliphatic rings. The van der Waals surface area contributed by atoms with Gasteiger partial charge in [0, 0.05) is 16.8 Å². The van der Waals surface area contributed by atoms with Crippen LogP contribution < -0.4 is 11.1 Å². The van der Waals surface area contributed by atoms with Gasteiger partial charge < -0.3 is 11.1 Å². The Labute approximate surface area is 98.6 Å². The summed E-state index contributed by atoms with van der Waals surface area (Å²) in [6.07, 6.45) is 1.87. The number of aromatic nitrogens is 2. The van der Waals surface area contributed by atoms with Crippen LogP contribution in [0, 0.1) is 13.8 Å². The van der Waals surface area contributed by atoms with Crippen LogP contribution in [-0.4, -0.2) is 9.97 Å². The molecule has 0 saturated heterocycles. The molecule has 0 aromatic carbocycles. The van der Waals surface area contributed by atoms with Gasteiger partial charge in [-0.2, -0.15) is 0 Å². The number of nitrogens with one attached hydrogen (secondary N) is 1. The quantitative estimate of drug-likeness (QED) is 0.855. The maximum absolute atomic E-state index is 5.82. The number of hydrogen-bond acceptors (Lipinski definition) is 5. The number of hydrogen-bond donors (Lipinski definition) is 2. The van der Waals surface area contributed by atoms with E-state index in [1.54, 1.807) is 11.3 Å². The highest BCUT2D eigenvalue weighted by Crippen LogP contribution is 2.18. The molecule has 2 rings (SSSR count). The SMILES string of the molecule is Cc1ccc(N)c(NCc2cnc(C)s2)n1. The summed E-state index contributed by atoms with van der Waals surface area (Å²) in [4.78, 5) is 9.72. The van der Waals surface area contributed by atoms with Crippen molar-refractivity contribution in [2.75, 3.05) is 11.1 Å². The summed E-state index contributed by atoms with van der Waals surface area (Å²) in [7, 11) is 0. The van der Waals surface area contributed by atoms with E-state index in [4.69, 9.17) is 5.73 Å². The Hall–Kier alpha value is -1.62. The molecule has 0 aliphatic carbocycles. The minimum absolute atomic E-state index is 0.673. The van der Waals surface area contributed by atoms with Crippen molar-refractivity contribution < 1.29 is 0 Å². The Morgan fingerprint density at radius 2 is 2.19 bits per heavy atom. The van der Waals surface area contributed by atoms with Crippen molar-refractivity contribution in [2.45, 2.75) is 20.4 Å². The summed E-state index contributed by atoms with van der Waals surface area (Å²) < 4.78 is 0. The van der Waals surface area contributed by atoms with Crippen LogP contribution in [0.5, 0.6) is 0 Å². The second-order valence-electron chi connectivity index (χ2n) is 3.59. The average molecular weight is 234 g/mol. The van der Waals surface area contributed by atoms with Crippen LogP contribution in [0.25, 0.3) is 0 Å². The summed E-state index contributed by atoms with van der Waals surface area (Å²) in [6, 6.07) is 3.76. The number of anilines is 2. The number of pyridine rings is 1. The normalized spacial score (nSPS) is 10.4. The smallest absolute Gasteiger partial charge is 0.149 e. The van der Waals surface area contributed by atoms with Crippen molar-refractivity contribution in [1.82, 2.24) is 9.97 Å². The molecule has 0 amide bonds. The molecule has 0 atom stereocenters. The largest absolute Gasteiger partial charge is 0.396 e. The molecule has 84 valence electrons. The fourth-order valence-corrected chi connectivity index (χ4v) is 2.10. The van der Waals surface area contributed by atoms with Crippen molar-refractivity contribution in [3.8, 4) is 0 Å². The van der Waals surface area contributed by atoms with Gasteiger partial charge in [0.15, 0.2) is 0 Å². The first-order valence-corrected chi connectivity index (χ1v) is 5.85. The highest BCUT2D eigenvalue weighted by Gasteiger charge is 2.02. The summed E-state index contributed by atoms with van der Waals surface area (Å²) in [5.41, 5.74) is 7.45. The number of aryl methyl sites for hydroxylation is 2. The predicted octanol–water partition coefficient (Wildman–Crippen LogP) is 2.35. The van der Waals surface area contributed by atoms with Crippen LogP contribution in [-0.2, 0) is 6.54 Å².